The second-order valence-electron chi connectivity index (χ2n) is 9.82. The number of nitrogens with one attached hydrogen (secondary N) is 1. The molecule has 5 nitrogen and oxygen atoms in total. The van der Waals surface area contributed by atoms with Crippen molar-refractivity contribution in [3.05, 3.63) is 11.3 Å². The molecule has 160 valence electrons. The molecule has 0 amide bonds. The summed E-state index contributed by atoms with van der Waals surface area (Å²) >= 11 is 0. The van der Waals surface area contributed by atoms with Crippen LogP contribution in [0.15, 0.2) is 0 Å². The highest BCUT2D eigenvalue weighted by Gasteiger charge is 2.29. The third kappa shape index (κ3) is 4.55. The fourth-order valence-corrected chi connectivity index (χ4v) is 6.11. The van der Waals surface area contributed by atoms with Gasteiger partial charge in [0, 0.05) is 37.3 Å². The molecule has 1 aromatic rings. The Hall–Kier alpha value is -1.36. The molecule has 4 aliphatic rings. The molecule has 0 aromatic carbocycles. The van der Waals surface area contributed by atoms with Gasteiger partial charge >= 0.3 is 0 Å². The van der Waals surface area contributed by atoms with Gasteiger partial charge in [-0.2, -0.15) is 4.98 Å². The summed E-state index contributed by atoms with van der Waals surface area (Å²) in [6.07, 6.45) is 18.5. The molecule has 0 bridgehead atoms. The summed E-state index contributed by atoms with van der Waals surface area (Å²) in [6, 6.07) is 1.32. The zero-order valence-electron chi connectivity index (χ0n) is 18.2. The molecular formula is C24H39N5. The molecule has 1 atom stereocenters. The number of fused-ring (bicyclic) bond motifs is 1. The van der Waals surface area contributed by atoms with E-state index in [0.717, 1.165) is 18.4 Å². The molecular weight excluding hydrogens is 358 g/mol. The first-order chi connectivity index (χ1) is 14.4. The molecule has 2 saturated heterocycles. The second kappa shape index (κ2) is 9.20. The third-order valence-electron chi connectivity index (χ3n) is 7.69. The van der Waals surface area contributed by atoms with Crippen LogP contribution in [0.4, 0.5) is 11.8 Å². The average Bonchev–Trinajstić information content (AvgIpc) is 3.07. The van der Waals surface area contributed by atoms with Crippen molar-refractivity contribution < 1.29 is 0 Å². The van der Waals surface area contributed by atoms with E-state index in [2.05, 4.69) is 15.1 Å². The zero-order valence-corrected chi connectivity index (χ0v) is 18.2. The van der Waals surface area contributed by atoms with Gasteiger partial charge in [-0.15, -0.1) is 0 Å². The van der Waals surface area contributed by atoms with E-state index < -0.39 is 0 Å². The van der Waals surface area contributed by atoms with Crippen LogP contribution in [0.25, 0.3) is 0 Å². The van der Waals surface area contributed by atoms with Crippen LogP contribution in [0, 0.1) is 0 Å². The number of anilines is 2. The normalized spacial score (nSPS) is 26.9. The van der Waals surface area contributed by atoms with Crippen LogP contribution < -0.4 is 10.2 Å². The zero-order chi connectivity index (χ0) is 19.5. The predicted molar refractivity (Wildman–Crippen MR) is 120 cm³/mol. The van der Waals surface area contributed by atoms with Crippen molar-refractivity contribution in [2.24, 2.45) is 0 Å². The largest absolute Gasteiger partial charge is 0.356 e. The van der Waals surface area contributed by atoms with Gasteiger partial charge in [-0.05, 0) is 64.3 Å². The van der Waals surface area contributed by atoms with Crippen molar-refractivity contribution in [3.8, 4) is 0 Å². The fourth-order valence-electron chi connectivity index (χ4n) is 6.11. The minimum atomic E-state index is 0.502. The highest BCUT2D eigenvalue weighted by molar-refractivity contribution is 5.54. The Kier molecular flexibility index (Phi) is 6.21. The summed E-state index contributed by atoms with van der Waals surface area (Å²) in [4.78, 5) is 15.5. The lowest BCUT2D eigenvalue weighted by Crippen LogP contribution is -2.48. The first-order valence-corrected chi connectivity index (χ1v) is 12.5. The number of hydrogen-bond donors (Lipinski definition) is 1. The van der Waals surface area contributed by atoms with Gasteiger partial charge in [0.25, 0.3) is 0 Å². The monoisotopic (exact) mass is 397 g/mol. The molecule has 2 aliphatic heterocycles. The smallest absolute Gasteiger partial charge is 0.225 e. The van der Waals surface area contributed by atoms with Crippen molar-refractivity contribution in [2.75, 3.05) is 36.4 Å². The Balaban J connectivity index is 1.31. The highest BCUT2D eigenvalue weighted by Crippen LogP contribution is 2.32. The van der Waals surface area contributed by atoms with E-state index in [-0.39, 0.29) is 0 Å². The van der Waals surface area contributed by atoms with Gasteiger partial charge < -0.3 is 10.2 Å². The molecule has 1 aromatic heterocycles. The summed E-state index contributed by atoms with van der Waals surface area (Å²) in [7, 11) is 0. The molecule has 0 spiro atoms. The van der Waals surface area contributed by atoms with Gasteiger partial charge in [0.05, 0.1) is 5.69 Å². The summed E-state index contributed by atoms with van der Waals surface area (Å²) < 4.78 is 0. The molecule has 1 saturated carbocycles. The van der Waals surface area contributed by atoms with Crippen LogP contribution in [0.5, 0.6) is 0 Å². The van der Waals surface area contributed by atoms with E-state index >= 15 is 0 Å². The van der Waals surface area contributed by atoms with Gasteiger partial charge in [-0.25, -0.2) is 4.98 Å². The van der Waals surface area contributed by atoms with E-state index in [1.165, 1.54) is 127 Å². The molecule has 3 fully saturated rings. The summed E-state index contributed by atoms with van der Waals surface area (Å²) in [5.74, 6) is 2.16. The molecule has 5 heteroatoms. The molecule has 5 rings (SSSR count). The number of likely N-dealkylation sites (tertiary alicyclic amines) is 1. The molecule has 0 radical (unpaired) electrons. The van der Waals surface area contributed by atoms with Crippen LogP contribution in [0.1, 0.15) is 88.3 Å². The molecule has 2 aliphatic carbocycles. The van der Waals surface area contributed by atoms with Crippen molar-refractivity contribution in [1.82, 2.24) is 14.9 Å². The van der Waals surface area contributed by atoms with E-state index in [1.807, 2.05) is 0 Å². The lowest BCUT2D eigenvalue weighted by Gasteiger charge is -2.40. The maximum Gasteiger partial charge on any atom is 0.225 e. The Labute approximate surface area is 176 Å². The molecule has 29 heavy (non-hydrogen) atoms. The number of nitrogens with zero attached hydrogens (tertiary/aromatic N) is 4. The van der Waals surface area contributed by atoms with Crippen molar-refractivity contribution >= 4 is 11.8 Å². The lowest BCUT2D eigenvalue weighted by atomic mass is 9.92. The van der Waals surface area contributed by atoms with Gasteiger partial charge in [-0.3, -0.25) is 4.90 Å². The predicted octanol–water partition coefficient (Wildman–Crippen LogP) is 4.55. The summed E-state index contributed by atoms with van der Waals surface area (Å²) in [5.41, 5.74) is 2.77. The number of aromatic nitrogens is 2. The van der Waals surface area contributed by atoms with E-state index in [4.69, 9.17) is 9.97 Å². The van der Waals surface area contributed by atoms with Crippen LogP contribution in [0.2, 0.25) is 0 Å². The fraction of sp³-hybridized carbons (Fsp3) is 0.833. The maximum absolute atomic E-state index is 5.13. The van der Waals surface area contributed by atoms with Gasteiger partial charge in [0.2, 0.25) is 5.95 Å². The van der Waals surface area contributed by atoms with Crippen LogP contribution in [-0.4, -0.2) is 53.1 Å². The minimum absolute atomic E-state index is 0.502. The van der Waals surface area contributed by atoms with E-state index in [1.54, 1.807) is 0 Å². The first-order valence-electron chi connectivity index (χ1n) is 12.5. The Bertz CT molecular complexity index is 676. The SMILES string of the molecule is C1CCC(N2CCC[C@H](Nc3nc4c(c(N5CCCCCC5)n3)CCC4)C2)CC1. The third-order valence-corrected chi connectivity index (χ3v) is 7.69. The average molecular weight is 398 g/mol. The molecule has 0 unspecified atom stereocenters. The standard InChI is InChI=1S/C24H39N5/c1-2-7-16-28(15-6-1)23-21-13-8-14-22(21)26-24(27-23)25-19-10-9-17-29(18-19)20-11-4-3-5-12-20/h19-20H,1-18H2,(H,25,26,27)/t19-/m0/s1. The number of rotatable bonds is 4. The maximum atomic E-state index is 5.13. The van der Waals surface area contributed by atoms with Crippen molar-refractivity contribution in [2.45, 2.75) is 102 Å². The van der Waals surface area contributed by atoms with Gasteiger partial charge in [-0.1, -0.05) is 32.1 Å². The van der Waals surface area contributed by atoms with Crippen LogP contribution in [-0.2, 0) is 12.8 Å². The Morgan fingerprint density at radius 3 is 2.34 bits per heavy atom. The van der Waals surface area contributed by atoms with E-state index in [0.29, 0.717) is 6.04 Å². The summed E-state index contributed by atoms with van der Waals surface area (Å²) in [5, 5.41) is 3.78. The Morgan fingerprint density at radius 2 is 1.52 bits per heavy atom. The first kappa shape index (κ1) is 19.6. The lowest BCUT2D eigenvalue weighted by molar-refractivity contribution is 0.124. The number of piperidine rings is 1. The van der Waals surface area contributed by atoms with Crippen LogP contribution in [0.3, 0.4) is 0 Å². The number of aryl methyl sites for hydroxylation is 1. The number of hydrogen-bond acceptors (Lipinski definition) is 5. The van der Waals surface area contributed by atoms with Crippen molar-refractivity contribution in [3.63, 3.8) is 0 Å². The molecule has 1 N–H and O–H groups in total. The second-order valence-corrected chi connectivity index (χ2v) is 9.82. The van der Waals surface area contributed by atoms with Crippen molar-refractivity contribution in [1.29, 1.82) is 0 Å². The topological polar surface area (TPSA) is 44.3 Å². The van der Waals surface area contributed by atoms with Crippen LogP contribution >= 0.6 is 0 Å². The van der Waals surface area contributed by atoms with Gasteiger partial charge in [0.1, 0.15) is 5.82 Å². The molecule has 3 heterocycles. The quantitative estimate of drug-likeness (QED) is 0.807. The summed E-state index contributed by atoms with van der Waals surface area (Å²) in [6.45, 7) is 4.79. The van der Waals surface area contributed by atoms with Gasteiger partial charge in [0.15, 0.2) is 0 Å². The Morgan fingerprint density at radius 1 is 0.724 bits per heavy atom. The minimum Gasteiger partial charge on any atom is -0.356 e. The highest BCUT2D eigenvalue weighted by atomic mass is 15.3. The van der Waals surface area contributed by atoms with E-state index in [9.17, 15) is 0 Å².